The number of hydrogen-bond donors (Lipinski definition) is 2. The van der Waals surface area contributed by atoms with Crippen molar-refractivity contribution in [1.29, 1.82) is 0 Å². The van der Waals surface area contributed by atoms with Crippen molar-refractivity contribution in [2.24, 2.45) is 0 Å². The standard InChI is InChI=1S/C19H20FN3O/c1-19(24,16-7-9-17(20)10-8-16)14-21-11-15-12-22-23(13-15)18-5-3-2-4-6-18/h2-10,12-13,21,24H,11,14H2,1H3. The highest BCUT2D eigenvalue weighted by molar-refractivity contribution is 5.31. The van der Waals surface area contributed by atoms with E-state index in [9.17, 15) is 9.50 Å². The number of nitrogens with one attached hydrogen (secondary N) is 1. The van der Waals surface area contributed by atoms with E-state index >= 15 is 0 Å². The van der Waals surface area contributed by atoms with Crippen LogP contribution in [0, 0.1) is 5.82 Å². The van der Waals surface area contributed by atoms with Crippen LogP contribution in [0.1, 0.15) is 18.1 Å². The molecule has 2 aromatic carbocycles. The summed E-state index contributed by atoms with van der Waals surface area (Å²) >= 11 is 0. The zero-order chi connectivity index (χ0) is 17.0. The highest BCUT2D eigenvalue weighted by atomic mass is 19.1. The fourth-order valence-corrected chi connectivity index (χ4v) is 2.53. The van der Waals surface area contributed by atoms with Gasteiger partial charge in [0.25, 0.3) is 0 Å². The Morgan fingerprint density at radius 2 is 1.83 bits per heavy atom. The number of hydrogen-bond acceptors (Lipinski definition) is 3. The van der Waals surface area contributed by atoms with Crippen molar-refractivity contribution < 1.29 is 9.50 Å². The summed E-state index contributed by atoms with van der Waals surface area (Å²) in [5.74, 6) is -0.309. The molecular weight excluding hydrogens is 305 g/mol. The smallest absolute Gasteiger partial charge is 0.123 e. The molecule has 24 heavy (non-hydrogen) atoms. The van der Waals surface area contributed by atoms with Crippen LogP contribution >= 0.6 is 0 Å². The van der Waals surface area contributed by atoms with E-state index in [0.717, 1.165) is 11.3 Å². The van der Waals surface area contributed by atoms with Crippen LogP contribution in [-0.4, -0.2) is 21.4 Å². The van der Waals surface area contributed by atoms with E-state index in [1.165, 1.54) is 12.1 Å². The molecule has 1 heterocycles. The molecule has 0 aliphatic carbocycles. The molecule has 4 nitrogen and oxygen atoms in total. The Hall–Kier alpha value is -2.50. The molecule has 0 saturated heterocycles. The summed E-state index contributed by atoms with van der Waals surface area (Å²) in [4.78, 5) is 0. The third-order valence-corrected chi connectivity index (χ3v) is 3.92. The number of nitrogens with zero attached hydrogens (tertiary/aromatic N) is 2. The highest BCUT2D eigenvalue weighted by Crippen LogP contribution is 2.20. The van der Waals surface area contributed by atoms with Crippen molar-refractivity contribution in [2.75, 3.05) is 6.54 Å². The molecule has 0 amide bonds. The number of aromatic nitrogens is 2. The average molecular weight is 325 g/mol. The van der Waals surface area contributed by atoms with Gasteiger partial charge in [0.2, 0.25) is 0 Å². The molecule has 3 rings (SSSR count). The van der Waals surface area contributed by atoms with Gasteiger partial charge in [0.15, 0.2) is 0 Å². The predicted octanol–water partition coefficient (Wildman–Crippen LogP) is 3.01. The lowest BCUT2D eigenvalue weighted by molar-refractivity contribution is 0.0566. The van der Waals surface area contributed by atoms with Crippen molar-refractivity contribution in [3.8, 4) is 5.69 Å². The lowest BCUT2D eigenvalue weighted by Crippen LogP contribution is -2.35. The highest BCUT2D eigenvalue weighted by Gasteiger charge is 2.22. The topological polar surface area (TPSA) is 50.1 Å². The van der Waals surface area contributed by atoms with Crippen LogP contribution in [0.15, 0.2) is 67.0 Å². The van der Waals surface area contributed by atoms with Gasteiger partial charge in [0.1, 0.15) is 5.82 Å². The van der Waals surface area contributed by atoms with Crippen LogP contribution in [0.4, 0.5) is 4.39 Å². The molecule has 3 aromatic rings. The Kier molecular flexibility index (Phi) is 4.74. The fraction of sp³-hybridized carbons (Fsp3) is 0.211. The van der Waals surface area contributed by atoms with E-state index in [-0.39, 0.29) is 5.82 Å². The summed E-state index contributed by atoms with van der Waals surface area (Å²) in [6, 6.07) is 15.8. The molecule has 0 fully saturated rings. The molecule has 0 radical (unpaired) electrons. The first-order valence-corrected chi connectivity index (χ1v) is 7.83. The van der Waals surface area contributed by atoms with E-state index < -0.39 is 5.60 Å². The number of aliphatic hydroxyl groups is 1. The summed E-state index contributed by atoms with van der Waals surface area (Å²) in [5.41, 5.74) is 1.63. The molecule has 1 aromatic heterocycles. The van der Waals surface area contributed by atoms with Gasteiger partial charge in [-0.15, -0.1) is 0 Å². The zero-order valence-electron chi connectivity index (χ0n) is 13.5. The van der Waals surface area contributed by atoms with E-state index in [2.05, 4.69) is 10.4 Å². The second kappa shape index (κ2) is 6.95. The maximum Gasteiger partial charge on any atom is 0.123 e. The van der Waals surface area contributed by atoms with Crippen molar-refractivity contribution in [2.45, 2.75) is 19.1 Å². The summed E-state index contributed by atoms with van der Waals surface area (Å²) < 4.78 is 14.8. The minimum absolute atomic E-state index is 0.309. The molecule has 2 N–H and O–H groups in total. The van der Waals surface area contributed by atoms with Crippen molar-refractivity contribution >= 4 is 0 Å². The maximum atomic E-state index is 13.0. The van der Waals surface area contributed by atoms with Crippen LogP contribution in [-0.2, 0) is 12.1 Å². The van der Waals surface area contributed by atoms with Crippen LogP contribution < -0.4 is 5.32 Å². The van der Waals surface area contributed by atoms with E-state index in [4.69, 9.17) is 0 Å². The Morgan fingerprint density at radius 3 is 2.54 bits per heavy atom. The van der Waals surface area contributed by atoms with Gasteiger partial charge in [-0.05, 0) is 36.8 Å². The second-order valence-corrected chi connectivity index (χ2v) is 6.01. The van der Waals surface area contributed by atoms with E-state index in [1.54, 1.807) is 25.3 Å². The SMILES string of the molecule is CC(O)(CNCc1cnn(-c2ccccc2)c1)c1ccc(F)cc1. The molecule has 0 spiro atoms. The second-order valence-electron chi connectivity index (χ2n) is 6.01. The maximum absolute atomic E-state index is 13.0. The Balaban J connectivity index is 1.58. The van der Waals surface area contributed by atoms with Crippen molar-refractivity contribution in [3.63, 3.8) is 0 Å². The summed E-state index contributed by atoms with van der Waals surface area (Å²) in [6.45, 7) is 2.65. The fourth-order valence-electron chi connectivity index (χ4n) is 2.53. The first kappa shape index (κ1) is 16.4. The molecule has 1 unspecified atom stereocenters. The predicted molar refractivity (Wildman–Crippen MR) is 91.2 cm³/mol. The van der Waals surface area contributed by atoms with Gasteiger partial charge >= 0.3 is 0 Å². The Bertz CT molecular complexity index is 782. The van der Waals surface area contributed by atoms with Crippen LogP contribution in [0.2, 0.25) is 0 Å². The molecular formula is C19H20FN3O. The lowest BCUT2D eigenvalue weighted by atomic mass is 9.96. The Morgan fingerprint density at radius 1 is 1.12 bits per heavy atom. The van der Waals surface area contributed by atoms with Gasteiger partial charge in [-0.1, -0.05) is 30.3 Å². The molecule has 0 aliphatic heterocycles. The van der Waals surface area contributed by atoms with Crippen molar-refractivity contribution in [3.05, 3.63) is 83.9 Å². The largest absolute Gasteiger partial charge is 0.384 e. The lowest BCUT2D eigenvalue weighted by Gasteiger charge is -2.24. The summed E-state index contributed by atoms with van der Waals surface area (Å²) in [7, 11) is 0. The van der Waals surface area contributed by atoms with Gasteiger partial charge in [-0.25, -0.2) is 9.07 Å². The molecule has 5 heteroatoms. The van der Waals surface area contributed by atoms with Gasteiger partial charge in [-0.2, -0.15) is 5.10 Å². The molecule has 0 saturated carbocycles. The van der Waals surface area contributed by atoms with Gasteiger partial charge < -0.3 is 10.4 Å². The van der Waals surface area contributed by atoms with Gasteiger partial charge in [0.05, 0.1) is 17.5 Å². The first-order chi connectivity index (χ1) is 11.5. The molecule has 0 bridgehead atoms. The average Bonchev–Trinajstić information content (AvgIpc) is 3.05. The molecule has 1 atom stereocenters. The minimum atomic E-state index is -1.07. The van der Waals surface area contributed by atoms with Crippen LogP contribution in [0.3, 0.4) is 0 Å². The minimum Gasteiger partial charge on any atom is -0.384 e. The van der Waals surface area contributed by atoms with Gasteiger partial charge in [-0.3, -0.25) is 0 Å². The van der Waals surface area contributed by atoms with E-state index in [1.807, 2.05) is 41.2 Å². The quantitative estimate of drug-likeness (QED) is 0.732. The third-order valence-electron chi connectivity index (χ3n) is 3.92. The van der Waals surface area contributed by atoms with Gasteiger partial charge in [0, 0.05) is 24.8 Å². The normalized spacial score (nSPS) is 13.6. The van der Waals surface area contributed by atoms with Crippen molar-refractivity contribution in [1.82, 2.24) is 15.1 Å². The molecule has 124 valence electrons. The zero-order valence-corrected chi connectivity index (χ0v) is 13.5. The monoisotopic (exact) mass is 325 g/mol. The summed E-state index contributed by atoms with van der Waals surface area (Å²) in [6.07, 6.45) is 3.75. The van der Waals surface area contributed by atoms with Crippen LogP contribution in [0.5, 0.6) is 0 Å². The van der Waals surface area contributed by atoms with E-state index in [0.29, 0.717) is 18.7 Å². The first-order valence-electron chi connectivity index (χ1n) is 7.83. The number of rotatable bonds is 6. The number of halogens is 1. The molecule has 0 aliphatic rings. The Labute approximate surface area is 140 Å². The van der Waals surface area contributed by atoms with Crippen LogP contribution in [0.25, 0.3) is 5.69 Å². The number of benzene rings is 2. The summed E-state index contributed by atoms with van der Waals surface area (Å²) in [5, 5.41) is 18.1. The third kappa shape index (κ3) is 3.88. The number of para-hydroxylation sites is 1.